The second kappa shape index (κ2) is 6.36. The Labute approximate surface area is 130 Å². The number of nitrogens with zero attached hydrogens (tertiary/aromatic N) is 1. The van der Waals surface area contributed by atoms with E-state index in [0.29, 0.717) is 0 Å². The molecule has 4 heteroatoms. The molecular weight excluding hydrogens is 276 g/mol. The molecule has 0 aliphatic carbocycles. The Morgan fingerprint density at radius 3 is 2.91 bits per heavy atom. The molecule has 3 rings (SSSR count). The number of nitrogens with one attached hydrogen (secondary N) is 1. The van der Waals surface area contributed by atoms with E-state index in [1.807, 2.05) is 25.1 Å². The standard InChI is InChI=1S/C18H22N2O2/c1-13(19-18(22)20-11-5-8-15(20)12-21)16-10-4-7-14-6-2-3-9-17(14)16/h2-4,6-7,9-10,13,15,21H,5,8,11-12H2,1H3,(H,19,22)/t13?,15-/m0/s1. The highest BCUT2D eigenvalue weighted by Gasteiger charge is 2.28. The average Bonchev–Trinajstić information content (AvgIpc) is 3.03. The molecule has 1 aliphatic rings. The SMILES string of the molecule is CC(NC(=O)N1CCC[C@H]1CO)c1cccc2ccccc12. The van der Waals surface area contributed by atoms with Crippen molar-refractivity contribution in [2.75, 3.05) is 13.2 Å². The van der Waals surface area contributed by atoms with Gasteiger partial charge in [-0.1, -0.05) is 42.5 Å². The Hall–Kier alpha value is -2.07. The fourth-order valence-electron chi connectivity index (χ4n) is 3.27. The van der Waals surface area contributed by atoms with Gasteiger partial charge in [-0.15, -0.1) is 0 Å². The number of amides is 2. The van der Waals surface area contributed by atoms with Crippen LogP contribution in [-0.2, 0) is 0 Å². The van der Waals surface area contributed by atoms with E-state index in [1.54, 1.807) is 4.90 Å². The first-order valence-electron chi connectivity index (χ1n) is 7.86. The lowest BCUT2D eigenvalue weighted by Gasteiger charge is -2.26. The first-order chi connectivity index (χ1) is 10.7. The average molecular weight is 298 g/mol. The lowest BCUT2D eigenvalue weighted by atomic mass is 10.00. The van der Waals surface area contributed by atoms with Crippen molar-refractivity contribution in [3.8, 4) is 0 Å². The number of hydrogen-bond donors (Lipinski definition) is 2. The number of benzene rings is 2. The van der Waals surface area contributed by atoms with Crippen LogP contribution in [0.4, 0.5) is 4.79 Å². The molecular formula is C18H22N2O2. The van der Waals surface area contributed by atoms with Crippen molar-refractivity contribution in [2.45, 2.75) is 31.8 Å². The molecule has 1 unspecified atom stereocenters. The molecule has 0 saturated carbocycles. The number of urea groups is 1. The largest absolute Gasteiger partial charge is 0.394 e. The zero-order valence-corrected chi connectivity index (χ0v) is 12.8. The van der Waals surface area contributed by atoms with Gasteiger partial charge in [0.15, 0.2) is 0 Å². The van der Waals surface area contributed by atoms with Gasteiger partial charge in [-0.2, -0.15) is 0 Å². The number of aliphatic hydroxyl groups is 1. The number of hydrogen-bond acceptors (Lipinski definition) is 2. The first kappa shape index (κ1) is 14.9. The predicted octanol–water partition coefficient (Wildman–Crippen LogP) is 3.07. The summed E-state index contributed by atoms with van der Waals surface area (Å²) in [5.74, 6) is 0. The number of rotatable bonds is 3. The number of fused-ring (bicyclic) bond motifs is 1. The van der Waals surface area contributed by atoms with Crippen LogP contribution in [0.5, 0.6) is 0 Å². The molecule has 0 spiro atoms. The lowest BCUT2D eigenvalue weighted by Crippen LogP contribution is -2.44. The predicted molar refractivity (Wildman–Crippen MR) is 87.7 cm³/mol. The van der Waals surface area contributed by atoms with Crippen molar-refractivity contribution in [1.29, 1.82) is 0 Å². The van der Waals surface area contributed by atoms with Crippen molar-refractivity contribution in [2.24, 2.45) is 0 Å². The van der Waals surface area contributed by atoms with E-state index in [4.69, 9.17) is 0 Å². The normalized spacial score (nSPS) is 19.4. The van der Waals surface area contributed by atoms with Gasteiger partial charge in [-0.3, -0.25) is 0 Å². The Kier molecular flexibility index (Phi) is 4.29. The van der Waals surface area contributed by atoms with Gasteiger partial charge in [0.1, 0.15) is 0 Å². The lowest BCUT2D eigenvalue weighted by molar-refractivity contribution is 0.155. The highest BCUT2D eigenvalue weighted by molar-refractivity contribution is 5.86. The molecule has 1 heterocycles. The maximum atomic E-state index is 12.4. The van der Waals surface area contributed by atoms with E-state index < -0.39 is 0 Å². The quantitative estimate of drug-likeness (QED) is 0.915. The Balaban J connectivity index is 1.78. The Morgan fingerprint density at radius 1 is 1.32 bits per heavy atom. The van der Waals surface area contributed by atoms with Crippen molar-refractivity contribution < 1.29 is 9.90 Å². The zero-order valence-electron chi connectivity index (χ0n) is 12.8. The van der Waals surface area contributed by atoms with Gasteiger partial charge in [-0.05, 0) is 36.1 Å². The molecule has 22 heavy (non-hydrogen) atoms. The summed E-state index contributed by atoms with van der Waals surface area (Å²) in [7, 11) is 0. The van der Waals surface area contributed by atoms with Crippen LogP contribution in [0.25, 0.3) is 10.8 Å². The Bertz CT molecular complexity index is 666. The zero-order chi connectivity index (χ0) is 15.5. The monoisotopic (exact) mass is 298 g/mol. The molecule has 116 valence electrons. The maximum Gasteiger partial charge on any atom is 0.318 e. The van der Waals surface area contributed by atoms with Crippen LogP contribution >= 0.6 is 0 Å². The molecule has 2 atom stereocenters. The van der Waals surface area contributed by atoms with E-state index >= 15 is 0 Å². The molecule has 2 amide bonds. The molecule has 2 aromatic rings. The summed E-state index contributed by atoms with van der Waals surface area (Å²) in [5.41, 5.74) is 1.12. The minimum atomic E-state index is -0.0861. The van der Waals surface area contributed by atoms with Crippen molar-refractivity contribution >= 4 is 16.8 Å². The van der Waals surface area contributed by atoms with E-state index in [1.165, 1.54) is 5.39 Å². The first-order valence-corrected chi connectivity index (χ1v) is 7.86. The molecule has 0 radical (unpaired) electrons. The van der Waals surface area contributed by atoms with Crippen LogP contribution in [0.3, 0.4) is 0 Å². The second-order valence-electron chi connectivity index (χ2n) is 5.91. The molecule has 2 aromatic carbocycles. The molecule has 0 aromatic heterocycles. The van der Waals surface area contributed by atoms with Crippen LogP contribution < -0.4 is 5.32 Å². The number of aliphatic hydroxyl groups excluding tert-OH is 1. The highest BCUT2D eigenvalue weighted by Crippen LogP contribution is 2.25. The third kappa shape index (κ3) is 2.79. The third-order valence-corrected chi connectivity index (χ3v) is 4.48. The molecule has 4 nitrogen and oxygen atoms in total. The summed E-state index contributed by atoms with van der Waals surface area (Å²) in [5, 5.41) is 14.8. The third-order valence-electron chi connectivity index (χ3n) is 4.48. The fourth-order valence-corrected chi connectivity index (χ4v) is 3.27. The number of likely N-dealkylation sites (tertiary alicyclic amines) is 1. The van der Waals surface area contributed by atoms with Crippen LogP contribution in [0, 0.1) is 0 Å². The second-order valence-corrected chi connectivity index (χ2v) is 5.91. The summed E-state index contributed by atoms with van der Waals surface area (Å²) in [6.07, 6.45) is 1.84. The molecule has 1 saturated heterocycles. The van der Waals surface area contributed by atoms with Gasteiger partial charge in [-0.25, -0.2) is 4.79 Å². The van der Waals surface area contributed by atoms with Crippen LogP contribution in [0.2, 0.25) is 0 Å². The van der Waals surface area contributed by atoms with Gasteiger partial charge in [0.25, 0.3) is 0 Å². The number of carbonyl (C=O) groups is 1. The van der Waals surface area contributed by atoms with Gasteiger partial charge >= 0.3 is 6.03 Å². The van der Waals surface area contributed by atoms with Gasteiger partial charge < -0.3 is 15.3 Å². The van der Waals surface area contributed by atoms with E-state index in [-0.39, 0.29) is 24.7 Å². The smallest absolute Gasteiger partial charge is 0.318 e. The number of carbonyl (C=O) groups excluding carboxylic acids is 1. The molecule has 1 aliphatic heterocycles. The van der Waals surface area contributed by atoms with Crippen molar-refractivity contribution in [3.05, 3.63) is 48.0 Å². The van der Waals surface area contributed by atoms with Crippen LogP contribution in [-0.4, -0.2) is 35.2 Å². The van der Waals surface area contributed by atoms with Gasteiger partial charge in [0.2, 0.25) is 0 Å². The Morgan fingerprint density at radius 2 is 2.09 bits per heavy atom. The summed E-state index contributed by atoms with van der Waals surface area (Å²) in [4.78, 5) is 14.2. The molecule has 1 fully saturated rings. The minimum absolute atomic E-state index is 0.0378. The minimum Gasteiger partial charge on any atom is -0.394 e. The van der Waals surface area contributed by atoms with Crippen molar-refractivity contribution in [1.82, 2.24) is 10.2 Å². The topological polar surface area (TPSA) is 52.6 Å². The van der Waals surface area contributed by atoms with Gasteiger partial charge in [0, 0.05) is 6.54 Å². The van der Waals surface area contributed by atoms with E-state index in [0.717, 1.165) is 30.3 Å². The molecule has 2 N–H and O–H groups in total. The van der Waals surface area contributed by atoms with Crippen molar-refractivity contribution in [3.63, 3.8) is 0 Å². The van der Waals surface area contributed by atoms with Crippen LogP contribution in [0.1, 0.15) is 31.4 Å². The highest BCUT2D eigenvalue weighted by atomic mass is 16.3. The summed E-state index contributed by atoms with van der Waals surface area (Å²) >= 11 is 0. The fraction of sp³-hybridized carbons (Fsp3) is 0.389. The van der Waals surface area contributed by atoms with Crippen LogP contribution in [0.15, 0.2) is 42.5 Å². The van der Waals surface area contributed by atoms with E-state index in [2.05, 4.69) is 29.6 Å². The van der Waals surface area contributed by atoms with E-state index in [9.17, 15) is 9.90 Å². The summed E-state index contributed by atoms with van der Waals surface area (Å²) in [6, 6.07) is 14.2. The summed E-state index contributed by atoms with van der Waals surface area (Å²) in [6.45, 7) is 2.76. The molecule has 0 bridgehead atoms. The van der Waals surface area contributed by atoms with Gasteiger partial charge in [0.05, 0.1) is 18.7 Å². The summed E-state index contributed by atoms with van der Waals surface area (Å²) < 4.78 is 0. The maximum absolute atomic E-state index is 12.4.